The number of piperidine rings is 1. The van der Waals surface area contributed by atoms with E-state index in [0.717, 1.165) is 39.0 Å². The molecular weight excluding hydrogens is 214 g/mol. The molecule has 1 aliphatic heterocycles. The predicted octanol–water partition coefficient (Wildman–Crippen LogP) is 1.06. The first-order valence-corrected chi connectivity index (χ1v) is 6.98. The van der Waals surface area contributed by atoms with Crippen molar-refractivity contribution in [1.29, 1.82) is 0 Å². The molecule has 1 rings (SSSR count). The Morgan fingerprint density at radius 3 is 2.53 bits per heavy atom. The van der Waals surface area contributed by atoms with Crippen molar-refractivity contribution in [1.82, 2.24) is 9.80 Å². The largest absolute Gasteiger partial charge is 0.342 e. The van der Waals surface area contributed by atoms with Crippen molar-refractivity contribution in [2.75, 3.05) is 39.3 Å². The highest BCUT2D eigenvalue weighted by Crippen LogP contribution is 2.09. The van der Waals surface area contributed by atoms with E-state index in [0.29, 0.717) is 19.0 Å². The lowest BCUT2D eigenvalue weighted by atomic mass is 10.1. The van der Waals surface area contributed by atoms with Crippen molar-refractivity contribution in [3.8, 4) is 0 Å². The van der Waals surface area contributed by atoms with Crippen molar-refractivity contribution in [2.24, 2.45) is 5.73 Å². The molecule has 0 aromatic rings. The number of nitrogens with two attached hydrogens (primary N) is 1. The predicted molar refractivity (Wildman–Crippen MR) is 70.8 cm³/mol. The molecule has 0 bridgehead atoms. The average Bonchev–Trinajstić information content (AvgIpc) is 2.37. The summed E-state index contributed by atoms with van der Waals surface area (Å²) >= 11 is 0. The summed E-state index contributed by atoms with van der Waals surface area (Å²) in [6, 6.07) is 0. The first kappa shape index (κ1) is 14.5. The maximum atomic E-state index is 12.1. The first-order chi connectivity index (χ1) is 8.27. The van der Waals surface area contributed by atoms with Gasteiger partial charge in [0.25, 0.3) is 0 Å². The normalized spacial score (nSPS) is 16.5. The summed E-state index contributed by atoms with van der Waals surface area (Å²) < 4.78 is 0. The zero-order chi connectivity index (χ0) is 12.5. The van der Waals surface area contributed by atoms with E-state index in [4.69, 9.17) is 5.73 Å². The van der Waals surface area contributed by atoms with Gasteiger partial charge in [-0.15, -0.1) is 0 Å². The van der Waals surface area contributed by atoms with Gasteiger partial charge in [-0.3, -0.25) is 9.69 Å². The number of amides is 1. The Morgan fingerprint density at radius 1 is 1.24 bits per heavy atom. The molecule has 4 heteroatoms. The first-order valence-electron chi connectivity index (χ1n) is 6.98. The van der Waals surface area contributed by atoms with Crippen LogP contribution in [0.25, 0.3) is 0 Å². The molecule has 0 aliphatic carbocycles. The molecule has 0 spiro atoms. The van der Waals surface area contributed by atoms with Crippen molar-refractivity contribution in [3.05, 3.63) is 0 Å². The lowest BCUT2D eigenvalue weighted by Crippen LogP contribution is -2.43. The minimum absolute atomic E-state index is 0.301. The number of likely N-dealkylation sites (tertiary alicyclic amines) is 1. The van der Waals surface area contributed by atoms with Crippen LogP contribution in [-0.2, 0) is 4.79 Å². The Balaban J connectivity index is 2.33. The van der Waals surface area contributed by atoms with Crippen LogP contribution in [0.15, 0.2) is 0 Å². The third kappa shape index (κ3) is 5.50. The minimum atomic E-state index is 0.301. The topological polar surface area (TPSA) is 49.6 Å². The van der Waals surface area contributed by atoms with E-state index in [1.54, 1.807) is 0 Å². The Labute approximate surface area is 105 Å². The van der Waals surface area contributed by atoms with Gasteiger partial charge in [0.05, 0.1) is 6.54 Å². The zero-order valence-electron chi connectivity index (χ0n) is 11.2. The summed E-state index contributed by atoms with van der Waals surface area (Å²) in [5, 5.41) is 0. The minimum Gasteiger partial charge on any atom is -0.342 e. The molecule has 0 aromatic carbocycles. The maximum Gasteiger partial charge on any atom is 0.236 e. The Hall–Kier alpha value is -0.610. The third-order valence-electron chi connectivity index (χ3n) is 3.29. The summed E-state index contributed by atoms with van der Waals surface area (Å²) in [7, 11) is 0. The zero-order valence-corrected chi connectivity index (χ0v) is 11.2. The number of hydrogen-bond donors (Lipinski definition) is 1. The Bertz CT molecular complexity index is 215. The van der Waals surface area contributed by atoms with E-state index in [9.17, 15) is 4.79 Å². The van der Waals surface area contributed by atoms with Crippen LogP contribution in [0.3, 0.4) is 0 Å². The molecule has 1 heterocycles. The highest BCUT2D eigenvalue weighted by atomic mass is 16.2. The van der Waals surface area contributed by atoms with Crippen LogP contribution in [0.5, 0.6) is 0 Å². The molecule has 100 valence electrons. The van der Waals surface area contributed by atoms with Gasteiger partial charge in [0.1, 0.15) is 0 Å². The number of rotatable bonds is 7. The van der Waals surface area contributed by atoms with Crippen LogP contribution in [0.4, 0.5) is 0 Å². The van der Waals surface area contributed by atoms with Crippen LogP contribution < -0.4 is 5.73 Å². The van der Waals surface area contributed by atoms with Gasteiger partial charge in [-0.1, -0.05) is 6.92 Å². The summed E-state index contributed by atoms with van der Waals surface area (Å²) in [5.41, 5.74) is 5.52. The number of carbonyl (C=O) groups excluding carboxylic acids is 1. The van der Waals surface area contributed by atoms with Gasteiger partial charge in [-0.2, -0.15) is 0 Å². The van der Waals surface area contributed by atoms with E-state index in [-0.39, 0.29) is 0 Å². The molecule has 0 atom stereocenters. The van der Waals surface area contributed by atoms with Crippen molar-refractivity contribution in [2.45, 2.75) is 39.0 Å². The summed E-state index contributed by atoms with van der Waals surface area (Å²) in [6.45, 7) is 7.29. The molecule has 1 saturated heterocycles. The van der Waals surface area contributed by atoms with Crippen molar-refractivity contribution in [3.63, 3.8) is 0 Å². The number of nitrogens with zero attached hydrogens (tertiary/aromatic N) is 2. The summed E-state index contributed by atoms with van der Waals surface area (Å²) in [4.78, 5) is 16.4. The summed E-state index contributed by atoms with van der Waals surface area (Å²) in [6.07, 6.45) is 5.69. The van der Waals surface area contributed by atoms with Crippen molar-refractivity contribution >= 4 is 5.91 Å². The van der Waals surface area contributed by atoms with E-state index in [1.165, 1.54) is 19.3 Å². The van der Waals surface area contributed by atoms with Crippen LogP contribution in [0.1, 0.15) is 39.0 Å². The SMILES string of the molecule is CCCN(CCCN)CC(=O)N1CCCCC1. The van der Waals surface area contributed by atoms with Gasteiger partial charge in [0, 0.05) is 13.1 Å². The lowest BCUT2D eigenvalue weighted by molar-refractivity contribution is -0.133. The van der Waals surface area contributed by atoms with Crippen LogP contribution >= 0.6 is 0 Å². The van der Waals surface area contributed by atoms with Gasteiger partial charge in [-0.05, 0) is 51.7 Å². The second-order valence-electron chi connectivity index (χ2n) is 4.86. The molecule has 1 aliphatic rings. The summed E-state index contributed by atoms with van der Waals surface area (Å²) in [5.74, 6) is 0.301. The van der Waals surface area contributed by atoms with E-state index in [2.05, 4.69) is 11.8 Å². The molecule has 0 aromatic heterocycles. The lowest BCUT2D eigenvalue weighted by Gasteiger charge is -2.29. The van der Waals surface area contributed by atoms with Gasteiger partial charge in [0.2, 0.25) is 5.91 Å². The fourth-order valence-electron chi connectivity index (χ4n) is 2.34. The average molecular weight is 241 g/mol. The molecule has 17 heavy (non-hydrogen) atoms. The van der Waals surface area contributed by atoms with Gasteiger partial charge in [0.15, 0.2) is 0 Å². The van der Waals surface area contributed by atoms with E-state index in [1.807, 2.05) is 4.90 Å². The Morgan fingerprint density at radius 2 is 1.94 bits per heavy atom. The van der Waals surface area contributed by atoms with E-state index < -0.39 is 0 Å². The monoisotopic (exact) mass is 241 g/mol. The van der Waals surface area contributed by atoms with Gasteiger partial charge < -0.3 is 10.6 Å². The molecule has 1 fully saturated rings. The second kappa shape index (κ2) is 8.48. The molecule has 0 radical (unpaired) electrons. The molecule has 4 nitrogen and oxygen atoms in total. The van der Waals surface area contributed by atoms with E-state index >= 15 is 0 Å². The van der Waals surface area contributed by atoms with Crippen LogP contribution in [0, 0.1) is 0 Å². The fraction of sp³-hybridized carbons (Fsp3) is 0.923. The number of carbonyl (C=O) groups is 1. The Kier molecular flexibility index (Phi) is 7.21. The maximum absolute atomic E-state index is 12.1. The number of hydrogen-bond acceptors (Lipinski definition) is 3. The van der Waals surface area contributed by atoms with Crippen LogP contribution in [-0.4, -0.2) is 55.0 Å². The van der Waals surface area contributed by atoms with Gasteiger partial charge >= 0.3 is 0 Å². The molecule has 0 unspecified atom stereocenters. The van der Waals surface area contributed by atoms with Crippen molar-refractivity contribution < 1.29 is 4.79 Å². The third-order valence-corrected chi connectivity index (χ3v) is 3.29. The van der Waals surface area contributed by atoms with Gasteiger partial charge in [-0.25, -0.2) is 0 Å². The standard InChI is InChI=1S/C13H27N3O/c1-2-8-15(9-6-7-14)12-13(17)16-10-4-3-5-11-16/h2-12,14H2,1H3. The molecule has 2 N–H and O–H groups in total. The smallest absolute Gasteiger partial charge is 0.236 e. The molecule has 1 amide bonds. The molecule has 0 saturated carbocycles. The highest BCUT2D eigenvalue weighted by Gasteiger charge is 2.18. The highest BCUT2D eigenvalue weighted by molar-refractivity contribution is 5.78. The second-order valence-corrected chi connectivity index (χ2v) is 4.86. The fourth-order valence-corrected chi connectivity index (χ4v) is 2.34. The quantitative estimate of drug-likeness (QED) is 0.725. The van der Waals surface area contributed by atoms with Crippen LogP contribution in [0.2, 0.25) is 0 Å². The molecular formula is C13H27N3O.